The van der Waals surface area contributed by atoms with E-state index >= 15 is 0 Å². The zero-order valence-corrected chi connectivity index (χ0v) is 11.8. The van der Waals surface area contributed by atoms with Gasteiger partial charge in [-0.3, -0.25) is 0 Å². The van der Waals surface area contributed by atoms with Crippen molar-refractivity contribution in [2.24, 2.45) is 0 Å². The minimum absolute atomic E-state index is 0.434. The average Bonchev–Trinajstić information content (AvgIpc) is 2.16. The molecule has 0 radical (unpaired) electrons. The zero-order chi connectivity index (χ0) is 10.2. The third-order valence-corrected chi connectivity index (χ3v) is 3.11. The Kier molecular flexibility index (Phi) is 2.96. The van der Waals surface area contributed by atoms with Gasteiger partial charge >= 0.3 is 0 Å². The Hall–Kier alpha value is 0.0700. The number of halogens is 3. The molecule has 0 unspecified atom stereocenters. The molecule has 0 aliphatic heterocycles. The lowest BCUT2D eigenvalue weighted by Gasteiger charge is -2.11. The molecule has 0 aliphatic carbocycles. The fourth-order valence-corrected chi connectivity index (χ4v) is 1.89. The molecule has 0 atom stereocenters. The first-order valence-corrected chi connectivity index (χ1v) is 6.38. The number of para-hydroxylation sites is 1. The molecule has 0 N–H and O–H groups in total. The minimum Gasteiger partial charge on any atom is -0.249 e. The van der Waals surface area contributed by atoms with E-state index in [-0.39, 0.29) is 0 Å². The monoisotopic (exact) mass is 377 g/mol. The summed E-state index contributed by atoms with van der Waals surface area (Å²) in [7, 11) is 0. The van der Waals surface area contributed by atoms with Crippen molar-refractivity contribution in [2.75, 3.05) is 0 Å². The number of alkyl halides is 3. The van der Waals surface area contributed by atoms with Gasteiger partial charge in [-0.1, -0.05) is 72.1 Å². The molecule has 1 heterocycles. The summed E-state index contributed by atoms with van der Waals surface area (Å²) >= 11 is 10.3. The van der Waals surface area contributed by atoms with Gasteiger partial charge in [0.1, 0.15) is 0 Å². The fraction of sp³-hybridized carbons (Fsp3) is 0.100. The summed E-state index contributed by atoms with van der Waals surface area (Å²) in [6.07, 6.45) is 0. The lowest BCUT2D eigenvalue weighted by atomic mass is 10.2. The van der Waals surface area contributed by atoms with Gasteiger partial charge in [0.25, 0.3) is 0 Å². The second-order valence-corrected chi connectivity index (χ2v) is 9.65. The third-order valence-electron chi connectivity index (χ3n) is 1.89. The summed E-state index contributed by atoms with van der Waals surface area (Å²) < 4.78 is -0.434. The van der Waals surface area contributed by atoms with Gasteiger partial charge in [-0.2, -0.15) is 0 Å². The Balaban J connectivity index is 2.63. The van der Waals surface area contributed by atoms with Crippen LogP contribution in [-0.4, -0.2) is 4.98 Å². The first-order valence-electron chi connectivity index (χ1n) is 4.00. The van der Waals surface area contributed by atoms with Crippen molar-refractivity contribution in [1.82, 2.24) is 4.98 Å². The smallest absolute Gasteiger partial charge is 0.176 e. The van der Waals surface area contributed by atoms with Crippen LogP contribution in [0.4, 0.5) is 0 Å². The maximum atomic E-state index is 4.51. The Morgan fingerprint density at radius 2 is 1.64 bits per heavy atom. The quantitative estimate of drug-likeness (QED) is 0.613. The van der Waals surface area contributed by atoms with Crippen molar-refractivity contribution >= 4 is 58.7 Å². The third kappa shape index (κ3) is 2.18. The van der Waals surface area contributed by atoms with Crippen LogP contribution >= 0.6 is 47.8 Å². The molecule has 1 nitrogen and oxygen atoms in total. The van der Waals surface area contributed by atoms with Gasteiger partial charge < -0.3 is 0 Å². The molecular formula is C10H6Br3N. The summed E-state index contributed by atoms with van der Waals surface area (Å²) in [6, 6.07) is 12.1. The van der Waals surface area contributed by atoms with Gasteiger partial charge in [0.2, 0.25) is 0 Å². The lowest BCUT2D eigenvalue weighted by molar-refractivity contribution is 1.20. The first kappa shape index (κ1) is 10.6. The maximum absolute atomic E-state index is 4.51. The van der Waals surface area contributed by atoms with Crippen LogP contribution in [-0.2, 0) is 2.14 Å². The topological polar surface area (TPSA) is 12.9 Å². The molecule has 4 heteroatoms. The van der Waals surface area contributed by atoms with Crippen LogP contribution in [0.25, 0.3) is 10.9 Å². The van der Waals surface area contributed by atoms with Gasteiger partial charge in [0.05, 0.1) is 11.2 Å². The highest BCUT2D eigenvalue weighted by molar-refractivity contribution is 9.38. The van der Waals surface area contributed by atoms with Gasteiger partial charge in [-0.25, -0.2) is 4.98 Å². The molecule has 0 saturated heterocycles. The second kappa shape index (κ2) is 3.91. The molecule has 0 amide bonds. The molecule has 2 aromatic rings. The van der Waals surface area contributed by atoms with E-state index in [1.54, 1.807) is 0 Å². The van der Waals surface area contributed by atoms with Crippen molar-refractivity contribution in [3.63, 3.8) is 0 Å². The van der Waals surface area contributed by atoms with E-state index < -0.39 is 2.14 Å². The van der Waals surface area contributed by atoms with Crippen LogP contribution in [0.3, 0.4) is 0 Å². The summed E-state index contributed by atoms with van der Waals surface area (Å²) in [4.78, 5) is 4.51. The summed E-state index contributed by atoms with van der Waals surface area (Å²) in [5.74, 6) is 0. The van der Waals surface area contributed by atoms with Gasteiger partial charge in [-0.15, -0.1) is 0 Å². The first-order chi connectivity index (χ1) is 6.57. The Bertz CT molecular complexity index is 462. The Labute approximate surface area is 107 Å². The fourth-order valence-electron chi connectivity index (χ4n) is 1.22. The van der Waals surface area contributed by atoms with Crippen LogP contribution in [0.5, 0.6) is 0 Å². The van der Waals surface area contributed by atoms with Crippen LogP contribution in [0.2, 0.25) is 0 Å². The summed E-state index contributed by atoms with van der Waals surface area (Å²) in [5, 5.41) is 1.15. The van der Waals surface area contributed by atoms with Crippen LogP contribution < -0.4 is 0 Å². The summed E-state index contributed by atoms with van der Waals surface area (Å²) in [5.41, 5.74) is 1.89. The van der Waals surface area contributed by atoms with Crippen LogP contribution in [0.15, 0.2) is 36.4 Å². The van der Waals surface area contributed by atoms with Crippen molar-refractivity contribution in [3.05, 3.63) is 42.1 Å². The van der Waals surface area contributed by atoms with E-state index in [1.807, 2.05) is 30.3 Å². The number of fused-ring (bicyclic) bond motifs is 1. The molecule has 0 saturated carbocycles. The number of hydrogen-bond acceptors (Lipinski definition) is 1. The molecule has 1 aromatic carbocycles. The van der Waals surface area contributed by atoms with Crippen molar-refractivity contribution in [1.29, 1.82) is 0 Å². The highest BCUT2D eigenvalue weighted by Crippen LogP contribution is 2.43. The molecule has 1 aromatic heterocycles. The van der Waals surface area contributed by atoms with E-state index in [1.165, 1.54) is 0 Å². The van der Waals surface area contributed by atoms with E-state index in [9.17, 15) is 0 Å². The Morgan fingerprint density at radius 3 is 2.36 bits per heavy atom. The highest BCUT2D eigenvalue weighted by Gasteiger charge is 2.22. The number of nitrogens with zero attached hydrogens (tertiary/aromatic N) is 1. The maximum Gasteiger partial charge on any atom is 0.176 e. The van der Waals surface area contributed by atoms with E-state index in [4.69, 9.17) is 0 Å². The number of hydrogen-bond donors (Lipinski definition) is 0. The van der Waals surface area contributed by atoms with Gasteiger partial charge in [0.15, 0.2) is 2.14 Å². The average molecular weight is 380 g/mol. The van der Waals surface area contributed by atoms with Gasteiger partial charge in [-0.05, 0) is 12.1 Å². The van der Waals surface area contributed by atoms with Gasteiger partial charge in [0, 0.05) is 5.39 Å². The normalized spacial score (nSPS) is 11.9. The predicted octanol–water partition coefficient (Wildman–Crippen LogP) is 4.53. The largest absolute Gasteiger partial charge is 0.249 e. The number of aromatic nitrogens is 1. The van der Waals surface area contributed by atoms with Crippen LogP contribution in [0, 0.1) is 0 Å². The standard InChI is InChI=1S/C10H6Br3N/c11-10(12,13)9-6-5-7-3-1-2-4-8(7)14-9/h1-6H. The predicted molar refractivity (Wildman–Crippen MR) is 70.2 cm³/mol. The second-order valence-electron chi connectivity index (χ2n) is 2.89. The van der Waals surface area contributed by atoms with Crippen LogP contribution in [0.1, 0.15) is 5.69 Å². The lowest BCUT2D eigenvalue weighted by Crippen LogP contribution is -2.00. The highest BCUT2D eigenvalue weighted by atomic mass is 80.0. The zero-order valence-electron chi connectivity index (χ0n) is 7.05. The molecule has 2 rings (SSSR count). The van der Waals surface area contributed by atoms with E-state index in [0.29, 0.717) is 0 Å². The van der Waals surface area contributed by atoms with Crippen molar-refractivity contribution in [2.45, 2.75) is 2.14 Å². The minimum atomic E-state index is -0.434. The number of benzene rings is 1. The Morgan fingerprint density at radius 1 is 0.929 bits per heavy atom. The molecule has 72 valence electrons. The van der Waals surface area contributed by atoms with E-state index in [2.05, 4.69) is 58.8 Å². The molecule has 0 fully saturated rings. The van der Waals surface area contributed by atoms with E-state index in [0.717, 1.165) is 16.6 Å². The number of rotatable bonds is 0. The summed E-state index contributed by atoms with van der Waals surface area (Å²) in [6.45, 7) is 0. The van der Waals surface area contributed by atoms with Crippen molar-refractivity contribution < 1.29 is 0 Å². The molecule has 0 spiro atoms. The molecular weight excluding hydrogens is 374 g/mol. The molecule has 0 aliphatic rings. The van der Waals surface area contributed by atoms with Crippen molar-refractivity contribution in [3.8, 4) is 0 Å². The SMILES string of the molecule is BrC(Br)(Br)c1ccc2ccccc2n1. The molecule has 0 bridgehead atoms. The number of pyridine rings is 1. The molecule has 14 heavy (non-hydrogen) atoms.